The van der Waals surface area contributed by atoms with Crippen LogP contribution in [-0.4, -0.2) is 48.7 Å². The van der Waals surface area contributed by atoms with Crippen LogP contribution in [0.5, 0.6) is 0 Å². The van der Waals surface area contributed by atoms with Crippen molar-refractivity contribution in [3.05, 3.63) is 33.8 Å². The Balaban J connectivity index is 3.04. The zero-order valence-corrected chi connectivity index (χ0v) is 12.5. The smallest absolute Gasteiger partial charge is 0.323 e. The van der Waals surface area contributed by atoms with Gasteiger partial charge in [-0.15, -0.1) is 0 Å². The summed E-state index contributed by atoms with van der Waals surface area (Å²) in [6.45, 7) is 3.85. The first-order valence-corrected chi connectivity index (χ1v) is 6.51. The van der Waals surface area contributed by atoms with Crippen LogP contribution in [0, 0.1) is 13.8 Å². The number of carboxylic acid groups (broad SMARTS) is 1. The van der Waals surface area contributed by atoms with Gasteiger partial charge in [0.25, 0.3) is 5.91 Å². The lowest BCUT2D eigenvalue weighted by molar-refractivity contribution is -0.137. The van der Waals surface area contributed by atoms with E-state index in [1.807, 2.05) is 13.8 Å². The van der Waals surface area contributed by atoms with Gasteiger partial charge in [-0.1, -0.05) is 11.6 Å². The van der Waals surface area contributed by atoms with Crippen molar-refractivity contribution in [1.29, 1.82) is 0 Å². The second kappa shape index (κ2) is 7.26. The Morgan fingerprint density at radius 3 is 2.45 bits per heavy atom. The van der Waals surface area contributed by atoms with Crippen LogP contribution < -0.4 is 0 Å². The fourth-order valence-corrected chi connectivity index (χ4v) is 2.03. The van der Waals surface area contributed by atoms with E-state index in [1.165, 1.54) is 12.0 Å². The number of nitrogens with zero attached hydrogens (tertiary/aromatic N) is 1. The number of hydrogen-bond donors (Lipinski definition) is 1. The number of rotatable bonds is 6. The number of hydrogen-bond acceptors (Lipinski definition) is 3. The summed E-state index contributed by atoms with van der Waals surface area (Å²) in [7, 11) is 1.49. The van der Waals surface area contributed by atoms with Crippen molar-refractivity contribution >= 4 is 23.5 Å². The van der Waals surface area contributed by atoms with Crippen molar-refractivity contribution in [2.24, 2.45) is 0 Å². The summed E-state index contributed by atoms with van der Waals surface area (Å²) < 4.78 is 4.89. The van der Waals surface area contributed by atoms with E-state index in [2.05, 4.69) is 0 Å². The molecule has 0 aliphatic carbocycles. The van der Waals surface area contributed by atoms with E-state index in [0.29, 0.717) is 10.6 Å². The molecule has 0 aromatic heterocycles. The average molecular weight is 300 g/mol. The Labute approximate surface area is 123 Å². The fourth-order valence-electron chi connectivity index (χ4n) is 1.73. The highest BCUT2D eigenvalue weighted by molar-refractivity contribution is 6.34. The number of aliphatic carboxylic acids is 1. The first-order valence-electron chi connectivity index (χ1n) is 6.13. The van der Waals surface area contributed by atoms with Gasteiger partial charge in [-0.25, -0.2) is 0 Å². The molecule has 0 radical (unpaired) electrons. The lowest BCUT2D eigenvalue weighted by atomic mass is 10.1. The molecular formula is C14H18ClNO4. The minimum Gasteiger partial charge on any atom is -0.480 e. The number of halogens is 1. The van der Waals surface area contributed by atoms with E-state index in [1.54, 1.807) is 12.1 Å². The van der Waals surface area contributed by atoms with E-state index < -0.39 is 11.9 Å². The lowest BCUT2D eigenvalue weighted by Crippen LogP contribution is -2.38. The summed E-state index contributed by atoms with van der Waals surface area (Å²) in [6.07, 6.45) is 0. The van der Waals surface area contributed by atoms with Gasteiger partial charge in [0.2, 0.25) is 0 Å². The van der Waals surface area contributed by atoms with Gasteiger partial charge in [-0.05, 0) is 37.1 Å². The molecule has 1 aromatic carbocycles. The number of carboxylic acids is 1. The van der Waals surface area contributed by atoms with Gasteiger partial charge in [0.15, 0.2) is 0 Å². The Morgan fingerprint density at radius 1 is 1.30 bits per heavy atom. The molecule has 0 saturated carbocycles. The predicted octanol–water partition coefficient (Wildman–Crippen LogP) is 2.13. The molecule has 0 aliphatic heterocycles. The van der Waals surface area contributed by atoms with Crippen LogP contribution in [0.3, 0.4) is 0 Å². The van der Waals surface area contributed by atoms with Gasteiger partial charge >= 0.3 is 5.97 Å². The third-order valence-electron chi connectivity index (χ3n) is 2.99. The van der Waals surface area contributed by atoms with E-state index in [4.69, 9.17) is 21.4 Å². The monoisotopic (exact) mass is 299 g/mol. The molecule has 0 saturated heterocycles. The predicted molar refractivity (Wildman–Crippen MR) is 76.3 cm³/mol. The van der Waals surface area contributed by atoms with Crippen molar-refractivity contribution in [3.63, 3.8) is 0 Å². The van der Waals surface area contributed by atoms with Crippen LogP contribution in [0.4, 0.5) is 0 Å². The summed E-state index contributed by atoms with van der Waals surface area (Å²) >= 11 is 6.08. The van der Waals surface area contributed by atoms with Gasteiger partial charge in [0.05, 0.1) is 17.2 Å². The third kappa shape index (κ3) is 4.21. The summed E-state index contributed by atoms with van der Waals surface area (Å²) in [5.74, 6) is -1.48. The summed E-state index contributed by atoms with van der Waals surface area (Å²) in [6, 6.07) is 3.39. The van der Waals surface area contributed by atoms with Crippen LogP contribution >= 0.6 is 11.6 Å². The zero-order valence-electron chi connectivity index (χ0n) is 11.8. The number of methoxy groups -OCH3 is 1. The molecule has 5 nitrogen and oxygen atoms in total. The van der Waals surface area contributed by atoms with Crippen molar-refractivity contribution < 1.29 is 19.4 Å². The van der Waals surface area contributed by atoms with Crippen molar-refractivity contribution in [1.82, 2.24) is 4.90 Å². The second-order valence-electron chi connectivity index (χ2n) is 4.53. The molecular weight excluding hydrogens is 282 g/mol. The minimum absolute atomic E-state index is 0.199. The maximum Gasteiger partial charge on any atom is 0.323 e. The molecule has 0 unspecified atom stereocenters. The minimum atomic E-state index is -1.07. The summed E-state index contributed by atoms with van der Waals surface area (Å²) in [5, 5.41) is 9.20. The maximum absolute atomic E-state index is 12.4. The van der Waals surface area contributed by atoms with Gasteiger partial charge in [0.1, 0.15) is 6.54 Å². The number of carbonyl (C=O) groups is 2. The Kier molecular flexibility index (Phi) is 5.98. The molecule has 0 heterocycles. The standard InChI is InChI=1S/C14H18ClNO4/c1-9-6-11(12(15)7-10(9)2)14(19)16(4-5-20-3)8-13(17)18/h6-7H,4-5,8H2,1-3H3,(H,17,18). The fraction of sp³-hybridized carbons (Fsp3) is 0.429. The number of benzene rings is 1. The molecule has 0 fully saturated rings. The van der Waals surface area contributed by atoms with Crippen molar-refractivity contribution in [2.45, 2.75) is 13.8 Å². The molecule has 6 heteroatoms. The SMILES string of the molecule is COCCN(CC(=O)O)C(=O)c1cc(C)c(C)cc1Cl. The number of amides is 1. The highest BCUT2D eigenvalue weighted by Crippen LogP contribution is 2.22. The molecule has 1 N–H and O–H groups in total. The van der Waals surface area contributed by atoms with Crippen LogP contribution in [0.15, 0.2) is 12.1 Å². The lowest BCUT2D eigenvalue weighted by Gasteiger charge is -2.21. The second-order valence-corrected chi connectivity index (χ2v) is 4.94. The zero-order chi connectivity index (χ0) is 15.3. The Bertz CT molecular complexity index is 516. The number of ether oxygens (including phenoxy) is 1. The first kappa shape index (κ1) is 16.5. The van der Waals surface area contributed by atoms with Crippen LogP contribution in [0.1, 0.15) is 21.5 Å². The van der Waals surface area contributed by atoms with Crippen molar-refractivity contribution in [2.75, 3.05) is 26.8 Å². The highest BCUT2D eigenvalue weighted by Gasteiger charge is 2.21. The quantitative estimate of drug-likeness (QED) is 0.874. The molecule has 20 heavy (non-hydrogen) atoms. The largest absolute Gasteiger partial charge is 0.480 e. The molecule has 0 aliphatic rings. The average Bonchev–Trinajstić information content (AvgIpc) is 2.37. The molecule has 0 bridgehead atoms. The van der Waals surface area contributed by atoms with E-state index in [9.17, 15) is 9.59 Å². The van der Waals surface area contributed by atoms with Gasteiger partial charge in [-0.2, -0.15) is 0 Å². The molecule has 0 spiro atoms. The number of aryl methyl sites for hydroxylation is 2. The normalized spacial score (nSPS) is 10.4. The van der Waals surface area contributed by atoms with Gasteiger partial charge < -0.3 is 14.7 Å². The number of carbonyl (C=O) groups excluding carboxylic acids is 1. The maximum atomic E-state index is 12.4. The third-order valence-corrected chi connectivity index (χ3v) is 3.31. The van der Waals surface area contributed by atoms with Crippen LogP contribution in [0.25, 0.3) is 0 Å². The van der Waals surface area contributed by atoms with Gasteiger partial charge in [-0.3, -0.25) is 9.59 Å². The van der Waals surface area contributed by atoms with E-state index in [0.717, 1.165) is 11.1 Å². The molecule has 110 valence electrons. The summed E-state index contributed by atoms with van der Waals surface area (Å²) in [5.41, 5.74) is 2.22. The van der Waals surface area contributed by atoms with Crippen LogP contribution in [-0.2, 0) is 9.53 Å². The molecule has 1 rings (SSSR count). The first-order chi connectivity index (χ1) is 9.36. The molecule has 1 amide bonds. The molecule has 0 atom stereocenters. The van der Waals surface area contributed by atoms with Crippen molar-refractivity contribution in [3.8, 4) is 0 Å². The summed E-state index contributed by atoms with van der Waals surface area (Å²) in [4.78, 5) is 24.5. The molecule has 1 aromatic rings. The van der Waals surface area contributed by atoms with E-state index >= 15 is 0 Å². The topological polar surface area (TPSA) is 66.8 Å². The van der Waals surface area contributed by atoms with Gasteiger partial charge in [0, 0.05) is 13.7 Å². The van der Waals surface area contributed by atoms with Crippen LogP contribution in [0.2, 0.25) is 5.02 Å². The Morgan fingerprint density at radius 2 is 1.90 bits per heavy atom. The van der Waals surface area contributed by atoms with E-state index in [-0.39, 0.29) is 19.7 Å². The highest BCUT2D eigenvalue weighted by atomic mass is 35.5. The Hall–Kier alpha value is -1.59.